The smallest absolute Gasteiger partial charge is 0.101 e. The molecule has 0 aliphatic carbocycles. The fraction of sp³-hybridized carbons (Fsp3) is 0.400. The van der Waals surface area contributed by atoms with Gasteiger partial charge in [0.05, 0.1) is 33.9 Å². The lowest BCUT2D eigenvalue weighted by atomic mass is 9.14. The second-order valence-electron chi connectivity index (χ2n) is 10.7. The minimum absolute atomic E-state index is 0.281. The highest BCUT2D eigenvalue weighted by Crippen LogP contribution is 2.17. The largest absolute Gasteiger partial charge is 0.391 e. The van der Waals surface area contributed by atoms with Crippen LogP contribution in [0.1, 0.15) is 36.5 Å². The Kier molecular flexibility index (Phi) is 9.95. The summed E-state index contributed by atoms with van der Waals surface area (Å²) in [5, 5.41) is 8.39. The van der Waals surface area contributed by atoms with Crippen molar-refractivity contribution in [2.24, 2.45) is 0 Å². The van der Waals surface area contributed by atoms with E-state index in [-0.39, 0.29) is 6.61 Å². The van der Waals surface area contributed by atoms with Gasteiger partial charge in [-0.1, -0.05) is 109 Å². The molecule has 3 aromatic rings. The van der Waals surface area contributed by atoms with E-state index in [2.05, 4.69) is 122 Å². The average molecular weight is 446 g/mol. The molecule has 0 spiro atoms. The number of unbranched alkanes of at least 4 members (excludes halogenated alkanes) is 1. The number of likely N-dealkylation sites (N-methyl/N-ethyl adjacent to an activating group) is 1. The Balaban J connectivity index is 0.000000479. The van der Waals surface area contributed by atoms with Crippen molar-refractivity contribution in [3.8, 4) is 0 Å². The molecular weight excluding hydrogens is 401 g/mol. The molecule has 0 saturated carbocycles. The predicted octanol–water partition coefficient (Wildman–Crippen LogP) is 4.57. The SMILES string of the molecule is CCCC[B-](c1ccc(C)cc1)(c1ccc(C)cc1)c1ccc(C)cc1.C[N+](C)(C)CCO. The number of aryl methyl sites for hydroxylation is 3. The zero-order valence-electron chi connectivity index (χ0n) is 21.9. The van der Waals surface area contributed by atoms with Crippen molar-refractivity contribution < 1.29 is 9.59 Å². The van der Waals surface area contributed by atoms with Gasteiger partial charge in [-0.25, -0.2) is 0 Å². The predicted molar refractivity (Wildman–Crippen MR) is 148 cm³/mol. The number of nitrogens with zero attached hydrogens (tertiary/aromatic N) is 1. The molecule has 1 N–H and O–H groups in total. The van der Waals surface area contributed by atoms with Crippen molar-refractivity contribution in [2.75, 3.05) is 34.3 Å². The van der Waals surface area contributed by atoms with Crippen LogP contribution < -0.4 is 16.4 Å². The molecule has 0 unspecified atom stereocenters. The number of hydrogen-bond acceptors (Lipinski definition) is 1. The van der Waals surface area contributed by atoms with Gasteiger partial charge in [0.2, 0.25) is 0 Å². The van der Waals surface area contributed by atoms with Crippen LogP contribution in [0.2, 0.25) is 6.32 Å². The highest BCUT2D eigenvalue weighted by atomic mass is 16.3. The monoisotopic (exact) mass is 445 g/mol. The Morgan fingerprint density at radius 1 is 0.636 bits per heavy atom. The summed E-state index contributed by atoms with van der Waals surface area (Å²) in [7, 11) is 6.16. The normalized spacial score (nSPS) is 11.6. The number of rotatable bonds is 8. The molecule has 0 radical (unpaired) electrons. The molecule has 0 fully saturated rings. The molecule has 0 saturated heterocycles. The van der Waals surface area contributed by atoms with E-state index in [1.165, 1.54) is 52.2 Å². The zero-order chi connectivity index (χ0) is 24.5. The molecule has 33 heavy (non-hydrogen) atoms. The fourth-order valence-corrected chi connectivity index (χ4v) is 4.57. The first-order valence-electron chi connectivity index (χ1n) is 12.4. The molecule has 178 valence electrons. The molecule has 0 heterocycles. The Hall–Kier alpha value is -2.36. The van der Waals surface area contributed by atoms with Crippen LogP contribution in [0.5, 0.6) is 0 Å². The van der Waals surface area contributed by atoms with E-state index in [0.717, 1.165) is 11.0 Å². The van der Waals surface area contributed by atoms with Crippen LogP contribution in [-0.4, -0.2) is 50.0 Å². The van der Waals surface area contributed by atoms with Crippen molar-refractivity contribution >= 4 is 22.5 Å². The van der Waals surface area contributed by atoms with Gasteiger partial charge in [-0.15, -0.1) is 0 Å². The zero-order valence-corrected chi connectivity index (χ0v) is 21.9. The topological polar surface area (TPSA) is 20.2 Å². The van der Waals surface area contributed by atoms with Crippen molar-refractivity contribution in [2.45, 2.75) is 46.9 Å². The van der Waals surface area contributed by atoms with Gasteiger partial charge in [0, 0.05) is 0 Å². The fourth-order valence-electron chi connectivity index (χ4n) is 4.57. The Morgan fingerprint density at radius 2 is 0.970 bits per heavy atom. The number of quaternary nitrogens is 1. The Labute approximate surface area is 202 Å². The second kappa shape index (κ2) is 12.2. The van der Waals surface area contributed by atoms with Crippen molar-refractivity contribution in [3.05, 3.63) is 89.5 Å². The quantitative estimate of drug-likeness (QED) is 0.398. The van der Waals surface area contributed by atoms with E-state index < -0.39 is 6.15 Å². The first-order chi connectivity index (χ1) is 15.6. The van der Waals surface area contributed by atoms with Crippen molar-refractivity contribution in [1.82, 2.24) is 0 Å². The highest BCUT2D eigenvalue weighted by molar-refractivity contribution is 7.11. The molecule has 0 aliphatic heterocycles. The average Bonchev–Trinajstić information content (AvgIpc) is 2.77. The van der Waals surface area contributed by atoms with Gasteiger partial charge < -0.3 is 9.59 Å². The van der Waals surface area contributed by atoms with E-state index in [1.54, 1.807) is 0 Å². The molecular formula is C30H44BNO. The van der Waals surface area contributed by atoms with E-state index in [9.17, 15) is 0 Å². The maximum atomic E-state index is 8.39. The van der Waals surface area contributed by atoms with Gasteiger partial charge in [-0.3, -0.25) is 0 Å². The van der Waals surface area contributed by atoms with Gasteiger partial charge in [0.25, 0.3) is 0 Å². The lowest BCUT2D eigenvalue weighted by molar-refractivity contribution is -0.870. The maximum absolute atomic E-state index is 8.39. The summed E-state index contributed by atoms with van der Waals surface area (Å²) in [6, 6.07) is 27.7. The minimum atomic E-state index is -0.957. The standard InChI is InChI=1S/C25H30B.C5H14NO/c1-5-6-19-26(23-13-7-20(2)8-14-23,24-15-9-21(3)10-16-24)25-17-11-22(4)12-18-25;1-6(2,3)4-5-7/h7-18H,5-6,19H2,1-4H3;7H,4-5H2,1-3H3/q-1;+1. The van der Waals surface area contributed by atoms with Gasteiger partial charge in [-0.2, -0.15) is 22.7 Å². The van der Waals surface area contributed by atoms with Crippen LogP contribution in [0.3, 0.4) is 0 Å². The summed E-state index contributed by atoms with van der Waals surface area (Å²) in [4.78, 5) is 0. The van der Waals surface area contributed by atoms with Crippen LogP contribution in [0.25, 0.3) is 0 Å². The Morgan fingerprint density at radius 3 is 1.18 bits per heavy atom. The molecule has 3 heteroatoms. The summed E-state index contributed by atoms with van der Waals surface area (Å²) in [6.45, 7) is 9.91. The van der Waals surface area contributed by atoms with Crippen LogP contribution in [-0.2, 0) is 0 Å². The molecule has 0 atom stereocenters. The van der Waals surface area contributed by atoms with E-state index in [1.807, 2.05) is 0 Å². The lowest BCUT2D eigenvalue weighted by Crippen LogP contribution is -2.67. The maximum Gasteiger partial charge on any atom is 0.101 e. The third-order valence-corrected chi connectivity index (χ3v) is 6.70. The van der Waals surface area contributed by atoms with Gasteiger partial charge >= 0.3 is 0 Å². The van der Waals surface area contributed by atoms with Crippen molar-refractivity contribution in [1.29, 1.82) is 0 Å². The summed E-state index contributed by atoms with van der Waals surface area (Å²) in [5.41, 5.74) is 8.33. The van der Waals surface area contributed by atoms with Gasteiger partial charge in [0.1, 0.15) is 6.54 Å². The minimum Gasteiger partial charge on any atom is -0.391 e. The summed E-state index contributed by atoms with van der Waals surface area (Å²) >= 11 is 0. The van der Waals surface area contributed by atoms with Gasteiger partial charge in [-0.05, 0) is 20.8 Å². The first-order valence-corrected chi connectivity index (χ1v) is 12.4. The van der Waals surface area contributed by atoms with E-state index in [4.69, 9.17) is 5.11 Å². The van der Waals surface area contributed by atoms with E-state index in [0.29, 0.717) is 0 Å². The Bertz CT molecular complexity index is 843. The van der Waals surface area contributed by atoms with Crippen LogP contribution in [0.4, 0.5) is 0 Å². The summed E-state index contributed by atoms with van der Waals surface area (Å²) < 4.78 is 0.844. The van der Waals surface area contributed by atoms with Crippen LogP contribution >= 0.6 is 0 Å². The molecule has 2 nitrogen and oxygen atoms in total. The first kappa shape index (κ1) is 26.9. The molecule has 3 aromatic carbocycles. The summed E-state index contributed by atoms with van der Waals surface area (Å²) in [6.07, 6.45) is 2.68. The number of benzene rings is 3. The molecule has 0 aliphatic rings. The van der Waals surface area contributed by atoms with E-state index >= 15 is 0 Å². The highest BCUT2D eigenvalue weighted by Gasteiger charge is 2.29. The third-order valence-electron chi connectivity index (χ3n) is 6.70. The second-order valence-corrected chi connectivity index (χ2v) is 10.7. The number of aliphatic hydroxyl groups is 1. The molecule has 0 aromatic heterocycles. The van der Waals surface area contributed by atoms with Crippen molar-refractivity contribution in [3.63, 3.8) is 0 Å². The van der Waals surface area contributed by atoms with Crippen LogP contribution in [0.15, 0.2) is 72.8 Å². The van der Waals surface area contributed by atoms with Crippen LogP contribution in [0, 0.1) is 20.8 Å². The number of aliphatic hydroxyl groups excluding tert-OH is 1. The lowest BCUT2D eigenvalue weighted by Gasteiger charge is -2.43. The third kappa shape index (κ3) is 7.59. The van der Waals surface area contributed by atoms with Gasteiger partial charge in [0.15, 0.2) is 0 Å². The molecule has 3 rings (SSSR count). The summed E-state index contributed by atoms with van der Waals surface area (Å²) in [5.74, 6) is 0. The molecule has 0 amide bonds. The molecule has 0 bridgehead atoms. The number of hydrogen-bond donors (Lipinski definition) is 1.